The zero-order chi connectivity index (χ0) is 18.3. The number of piperidine rings is 1. The Balaban J connectivity index is 1.25. The lowest BCUT2D eigenvalue weighted by atomic mass is 9.64. The lowest BCUT2D eigenvalue weighted by Crippen LogP contribution is -2.55. The van der Waals surface area contributed by atoms with Gasteiger partial charge in [-0.05, 0) is 75.6 Å². The van der Waals surface area contributed by atoms with E-state index in [1.807, 2.05) is 6.26 Å². The smallest absolute Gasteiger partial charge is 0.407 e. The Kier molecular flexibility index (Phi) is 5.12. The van der Waals surface area contributed by atoms with Crippen molar-refractivity contribution in [3.05, 3.63) is 0 Å². The van der Waals surface area contributed by atoms with Crippen molar-refractivity contribution in [1.29, 1.82) is 0 Å². The largest absolute Gasteiger partial charge is 0.465 e. The summed E-state index contributed by atoms with van der Waals surface area (Å²) in [5, 5.41) is 9.43. The summed E-state index contributed by atoms with van der Waals surface area (Å²) in [5.74, 6) is 0.660. The number of thioether (sulfide) groups is 1. The van der Waals surface area contributed by atoms with Crippen molar-refractivity contribution < 1.29 is 14.7 Å². The number of likely N-dealkylation sites (tertiary alicyclic amines) is 3. The highest BCUT2D eigenvalue weighted by molar-refractivity contribution is 8.12. The molecule has 3 saturated heterocycles. The number of carbonyl (C=O) groups excluding carboxylic acids is 1. The molecule has 7 heteroatoms. The van der Waals surface area contributed by atoms with E-state index >= 15 is 0 Å². The van der Waals surface area contributed by atoms with E-state index in [-0.39, 0.29) is 10.7 Å². The van der Waals surface area contributed by atoms with E-state index in [0.717, 1.165) is 39.0 Å². The van der Waals surface area contributed by atoms with Gasteiger partial charge in [-0.25, -0.2) is 4.79 Å². The van der Waals surface area contributed by atoms with Crippen molar-refractivity contribution in [2.45, 2.75) is 57.0 Å². The van der Waals surface area contributed by atoms with Crippen LogP contribution in [0.2, 0.25) is 0 Å². The summed E-state index contributed by atoms with van der Waals surface area (Å²) in [5.41, 5.74) is 0.271. The average Bonchev–Trinajstić information content (AvgIpc) is 3.27. The van der Waals surface area contributed by atoms with Crippen LogP contribution in [0.3, 0.4) is 0 Å². The maximum Gasteiger partial charge on any atom is 0.407 e. The Morgan fingerprint density at radius 2 is 1.81 bits per heavy atom. The minimum atomic E-state index is -0.757. The van der Waals surface area contributed by atoms with Crippen molar-refractivity contribution in [2.75, 3.05) is 39.0 Å². The summed E-state index contributed by atoms with van der Waals surface area (Å²) >= 11 is 1.35. The Labute approximate surface area is 160 Å². The van der Waals surface area contributed by atoms with Crippen LogP contribution in [0.25, 0.3) is 0 Å². The van der Waals surface area contributed by atoms with Gasteiger partial charge in [0.1, 0.15) is 0 Å². The second kappa shape index (κ2) is 7.23. The van der Waals surface area contributed by atoms with Crippen molar-refractivity contribution >= 4 is 23.1 Å². The second-order valence-electron chi connectivity index (χ2n) is 8.76. The molecule has 4 fully saturated rings. The van der Waals surface area contributed by atoms with Gasteiger partial charge in [0.05, 0.1) is 0 Å². The van der Waals surface area contributed by atoms with E-state index in [9.17, 15) is 14.7 Å². The molecule has 0 aromatic carbocycles. The number of hydrogen-bond acceptors (Lipinski definition) is 4. The lowest BCUT2D eigenvalue weighted by molar-refractivity contribution is -0.0134. The van der Waals surface area contributed by atoms with E-state index in [1.165, 1.54) is 43.9 Å². The van der Waals surface area contributed by atoms with Crippen LogP contribution in [0.1, 0.15) is 44.9 Å². The highest BCUT2D eigenvalue weighted by Gasteiger charge is 2.51. The predicted molar refractivity (Wildman–Crippen MR) is 103 cm³/mol. The van der Waals surface area contributed by atoms with E-state index < -0.39 is 6.09 Å². The van der Waals surface area contributed by atoms with E-state index in [1.54, 1.807) is 4.90 Å². The second-order valence-corrected chi connectivity index (χ2v) is 9.52. The molecule has 1 spiro atoms. The SMILES string of the molecule is CSC(=O)N1CCC[C@H]1C1CCN(C2CC3(CCN(C(=O)O)C3)C2)CC1. The minimum absolute atomic E-state index is 0.250. The van der Waals surface area contributed by atoms with Gasteiger partial charge in [0.25, 0.3) is 5.24 Å². The van der Waals surface area contributed by atoms with Crippen LogP contribution in [-0.4, -0.2) is 82.2 Å². The molecule has 4 aliphatic rings. The number of carbonyl (C=O) groups is 2. The molecule has 3 aliphatic heterocycles. The molecule has 1 N–H and O–H groups in total. The topological polar surface area (TPSA) is 64.1 Å². The molecule has 1 saturated carbocycles. The fourth-order valence-electron chi connectivity index (χ4n) is 5.93. The summed E-state index contributed by atoms with van der Waals surface area (Å²) in [6.07, 6.45) is 9.25. The van der Waals surface area contributed by atoms with Crippen LogP contribution in [0.15, 0.2) is 0 Å². The molecule has 6 nitrogen and oxygen atoms in total. The zero-order valence-corrected chi connectivity index (χ0v) is 16.5. The van der Waals surface area contributed by atoms with E-state index in [0.29, 0.717) is 24.5 Å². The van der Waals surface area contributed by atoms with Gasteiger partial charge in [0.2, 0.25) is 0 Å². The molecule has 3 heterocycles. The molecule has 0 bridgehead atoms. The summed E-state index contributed by atoms with van der Waals surface area (Å²) in [6.45, 7) is 4.68. The standard InChI is InChI=1S/C19H31N3O3S/c1-26-18(25)22-7-2-3-16(22)14-4-8-20(9-5-14)15-11-19(12-15)6-10-21(13-19)17(23)24/h14-16H,2-13H2,1H3,(H,23,24)/t15?,16-,19?/m0/s1. The lowest BCUT2D eigenvalue weighted by Gasteiger charge is -2.52. The van der Waals surface area contributed by atoms with Crippen LogP contribution in [-0.2, 0) is 0 Å². The first-order valence-corrected chi connectivity index (χ1v) is 11.3. The monoisotopic (exact) mass is 381 g/mol. The van der Waals surface area contributed by atoms with E-state index in [4.69, 9.17) is 0 Å². The summed E-state index contributed by atoms with van der Waals surface area (Å²) < 4.78 is 0. The maximum atomic E-state index is 12.1. The molecule has 1 atom stereocenters. The summed E-state index contributed by atoms with van der Waals surface area (Å²) in [4.78, 5) is 29.7. The third-order valence-electron chi connectivity index (χ3n) is 7.39. The van der Waals surface area contributed by atoms with Crippen molar-refractivity contribution in [1.82, 2.24) is 14.7 Å². The van der Waals surface area contributed by atoms with Crippen LogP contribution in [0, 0.1) is 11.3 Å². The van der Waals surface area contributed by atoms with Gasteiger partial charge in [-0.15, -0.1) is 0 Å². The Morgan fingerprint density at radius 3 is 2.42 bits per heavy atom. The first-order valence-electron chi connectivity index (χ1n) is 10.1. The molecule has 0 radical (unpaired) electrons. The predicted octanol–water partition coefficient (Wildman–Crippen LogP) is 3.18. The number of carboxylic acid groups (broad SMARTS) is 1. The molecule has 0 unspecified atom stereocenters. The number of nitrogens with zero attached hydrogens (tertiary/aromatic N) is 3. The van der Waals surface area contributed by atoms with E-state index in [2.05, 4.69) is 9.80 Å². The molecular weight excluding hydrogens is 350 g/mol. The fourth-order valence-corrected chi connectivity index (χ4v) is 6.39. The normalized spacial score (nSPS) is 35.9. The summed E-state index contributed by atoms with van der Waals surface area (Å²) in [7, 11) is 0. The molecule has 0 aromatic rings. The quantitative estimate of drug-likeness (QED) is 0.796. The van der Waals surface area contributed by atoms with Gasteiger partial charge in [0, 0.05) is 31.7 Å². The minimum Gasteiger partial charge on any atom is -0.465 e. The van der Waals surface area contributed by atoms with Gasteiger partial charge in [-0.1, -0.05) is 11.8 Å². The Morgan fingerprint density at radius 1 is 1.08 bits per heavy atom. The first kappa shape index (κ1) is 18.4. The van der Waals surface area contributed by atoms with Gasteiger partial charge in [-0.3, -0.25) is 4.79 Å². The highest BCUT2D eigenvalue weighted by Crippen LogP contribution is 2.50. The molecule has 0 aromatic heterocycles. The van der Waals surface area contributed by atoms with Gasteiger partial charge >= 0.3 is 6.09 Å². The first-order chi connectivity index (χ1) is 12.5. The van der Waals surface area contributed by atoms with Crippen LogP contribution in [0.4, 0.5) is 9.59 Å². The summed E-state index contributed by atoms with van der Waals surface area (Å²) in [6, 6.07) is 1.11. The van der Waals surface area contributed by atoms with Gasteiger partial charge < -0.3 is 19.8 Å². The number of rotatable bonds is 2. The number of hydrogen-bond donors (Lipinski definition) is 1. The molecule has 146 valence electrons. The molecular formula is C19H31N3O3S. The maximum absolute atomic E-state index is 12.1. The van der Waals surface area contributed by atoms with Crippen molar-refractivity contribution in [2.24, 2.45) is 11.3 Å². The van der Waals surface area contributed by atoms with Crippen LogP contribution >= 0.6 is 11.8 Å². The zero-order valence-electron chi connectivity index (χ0n) is 15.7. The molecule has 26 heavy (non-hydrogen) atoms. The Bertz CT molecular complexity index is 558. The van der Waals surface area contributed by atoms with Crippen LogP contribution in [0.5, 0.6) is 0 Å². The molecule has 2 amide bonds. The fraction of sp³-hybridized carbons (Fsp3) is 0.895. The Hall–Kier alpha value is -0.950. The van der Waals surface area contributed by atoms with Crippen molar-refractivity contribution in [3.63, 3.8) is 0 Å². The molecule has 1 aliphatic carbocycles. The average molecular weight is 382 g/mol. The third-order valence-corrected chi connectivity index (χ3v) is 7.97. The highest BCUT2D eigenvalue weighted by atomic mass is 32.2. The van der Waals surface area contributed by atoms with Gasteiger partial charge in [-0.2, -0.15) is 0 Å². The third kappa shape index (κ3) is 3.33. The van der Waals surface area contributed by atoms with Crippen LogP contribution < -0.4 is 0 Å². The molecule has 4 rings (SSSR count). The number of amides is 2. The van der Waals surface area contributed by atoms with Gasteiger partial charge in [0.15, 0.2) is 0 Å². The van der Waals surface area contributed by atoms with Crippen molar-refractivity contribution in [3.8, 4) is 0 Å².